The van der Waals surface area contributed by atoms with E-state index in [1.54, 1.807) is 0 Å². The lowest BCUT2D eigenvalue weighted by Crippen LogP contribution is -2.60. The highest BCUT2D eigenvalue weighted by molar-refractivity contribution is 5.83. The first kappa shape index (κ1) is 22.8. The van der Waals surface area contributed by atoms with Crippen molar-refractivity contribution < 1.29 is 15.0 Å². The Morgan fingerprint density at radius 2 is 1.70 bits per heavy atom. The summed E-state index contributed by atoms with van der Waals surface area (Å²) in [5.74, 6) is 4.29. The Morgan fingerprint density at radius 1 is 1.03 bits per heavy atom. The predicted molar refractivity (Wildman–Crippen MR) is 121 cm³/mol. The highest BCUT2D eigenvalue weighted by Crippen LogP contribution is 2.73. The SMILES string of the molecule is CC[C@H]1C[C@@]2(C)[C@@H](C[C@@H](C)[C@]2(C)C(C)=O)[C@@H]2CC[C@H]3CC(CO)(CO)CC[C@]3(C)[C@@H]12. The second kappa shape index (κ2) is 7.30. The summed E-state index contributed by atoms with van der Waals surface area (Å²) in [5.41, 5.74) is -0.0184. The van der Waals surface area contributed by atoms with Crippen molar-refractivity contribution in [1.82, 2.24) is 0 Å². The molecular weight excluding hydrogens is 372 g/mol. The highest BCUT2D eigenvalue weighted by Gasteiger charge is 2.69. The van der Waals surface area contributed by atoms with Crippen LogP contribution < -0.4 is 0 Å². The van der Waals surface area contributed by atoms with E-state index in [2.05, 4.69) is 34.6 Å². The van der Waals surface area contributed by atoms with Crippen molar-refractivity contribution in [2.24, 2.45) is 57.2 Å². The Balaban J connectivity index is 1.72. The lowest BCUT2D eigenvalue weighted by molar-refractivity contribution is -0.177. The fraction of sp³-hybridized carbons (Fsp3) is 0.963. The lowest BCUT2D eigenvalue weighted by atomic mass is 9.39. The Hall–Kier alpha value is -0.410. The van der Waals surface area contributed by atoms with Crippen LogP contribution in [-0.2, 0) is 4.79 Å². The summed E-state index contributed by atoms with van der Waals surface area (Å²) in [7, 11) is 0. The fourth-order valence-corrected chi connectivity index (χ4v) is 9.86. The molecule has 0 amide bonds. The van der Waals surface area contributed by atoms with Gasteiger partial charge in [0.2, 0.25) is 0 Å². The molecule has 0 radical (unpaired) electrons. The Bertz CT molecular complexity index is 684. The van der Waals surface area contributed by atoms with Gasteiger partial charge in [0.25, 0.3) is 0 Å². The van der Waals surface area contributed by atoms with Crippen LogP contribution in [0.4, 0.5) is 0 Å². The summed E-state index contributed by atoms with van der Waals surface area (Å²) in [6.07, 6.45) is 9.20. The van der Waals surface area contributed by atoms with Gasteiger partial charge in [-0.05, 0) is 98.2 Å². The van der Waals surface area contributed by atoms with Gasteiger partial charge in [-0.2, -0.15) is 0 Å². The molecule has 0 aromatic rings. The van der Waals surface area contributed by atoms with Crippen LogP contribution in [0.3, 0.4) is 0 Å². The molecule has 4 saturated carbocycles. The summed E-state index contributed by atoms with van der Waals surface area (Å²) in [4.78, 5) is 13.0. The molecule has 0 heterocycles. The minimum Gasteiger partial charge on any atom is -0.396 e. The Kier molecular flexibility index (Phi) is 5.54. The van der Waals surface area contributed by atoms with Crippen LogP contribution in [0.5, 0.6) is 0 Å². The molecule has 4 rings (SSSR count). The van der Waals surface area contributed by atoms with E-state index in [-0.39, 0.29) is 29.5 Å². The second-order valence-electron chi connectivity index (χ2n) is 12.8. The fourth-order valence-electron chi connectivity index (χ4n) is 9.86. The molecule has 0 saturated heterocycles. The third-order valence-corrected chi connectivity index (χ3v) is 12.1. The summed E-state index contributed by atoms with van der Waals surface area (Å²) in [6.45, 7) is 14.1. The van der Waals surface area contributed by atoms with E-state index in [9.17, 15) is 15.0 Å². The van der Waals surface area contributed by atoms with E-state index in [0.717, 1.165) is 31.1 Å². The molecule has 4 aliphatic carbocycles. The third-order valence-electron chi connectivity index (χ3n) is 12.1. The number of rotatable bonds is 4. The number of ketones is 1. The zero-order valence-corrected chi connectivity index (χ0v) is 20.3. The quantitative estimate of drug-likeness (QED) is 0.636. The van der Waals surface area contributed by atoms with Crippen LogP contribution in [0.1, 0.15) is 92.9 Å². The van der Waals surface area contributed by atoms with Crippen molar-refractivity contribution >= 4 is 5.78 Å². The molecule has 0 bridgehead atoms. The molecule has 4 aliphatic rings. The smallest absolute Gasteiger partial charge is 0.136 e. The monoisotopic (exact) mass is 418 g/mol. The molecular formula is C27H46O3. The van der Waals surface area contributed by atoms with Crippen LogP contribution in [-0.4, -0.2) is 29.2 Å². The lowest BCUT2D eigenvalue weighted by Gasteiger charge is -2.65. The second-order valence-corrected chi connectivity index (χ2v) is 12.8. The van der Waals surface area contributed by atoms with Crippen molar-refractivity contribution in [3.63, 3.8) is 0 Å². The Labute approximate surface area is 184 Å². The maximum Gasteiger partial charge on any atom is 0.136 e. The molecule has 172 valence electrons. The Morgan fingerprint density at radius 3 is 2.27 bits per heavy atom. The molecule has 2 N–H and O–H groups in total. The molecule has 0 aromatic carbocycles. The number of hydrogen-bond donors (Lipinski definition) is 2. The molecule has 0 unspecified atom stereocenters. The summed E-state index contributed by atoms with van der Waals surface area (Å²) in [5, 5.41) is 20.1. The van der Waals surface area contributed by atoms with Gasteiger partial charge in [-0.1, -0.05) is 41.0 Å². The zero-order valence-electron chi connectivity index (χ0n) is 20.3. The molecule has 0 aromatic heterocycles. The van der Waals surface area contributed by atoms with Gasteiger partial charge in [-0.25, -0.2) is 0 Å². The number of carbonyl (C=O) groups is 1. The molecule has 4 fully saturated rings. The molecule has 9 atom stereocenters. The number of hydrogen-bond acceptors (Lipinski definition) is 3. The van der Waals surface area contributed by atoms with E-state index in [4.69, 9.17) is 0 Å². The molecule has 0 aliphatic heterocycles. The van der Waals surface area contributed by atoms with Crippen LogP contribution in [0.2, 0.25) is 0 Å². The number of Topliss-reactive ketones (excluding diaryl/α,β-unsaturated/α-hetero) is 1. The minimum absolute atomic E-state index is 0.122. The van der Waals surface area contributed by atoms with Crippen molar-refractivity contribution in [2.75, 3.05) is 13.2 Å². The highest BCUT2D eigenvalue weighted by atomic mass is 16.3. The van der Waals surface area contributed by atoms with Gasteiger partial charge in [0.05, 0.1) is 13.2 Å². The maximum atomic E-state index is 13.0. The van der Waals surface area contributed by atoms with Crippen LogP contribution >= 0.6 is 0 Å². The number of aliphatic hydroxyl groups excluding tert-OH is 2. The van der Waals surface area contributed by atoms with E-state index in [1.807, 2.05) is 6.92 Å². The average molecular weight is 419 g/mol. The normalized spacial score (nSPS) is 52.3. The third kappa shape index (κ3) is 2.73. The molecule has 3 heteroatoms. The van der Waals surface area contributed by atoms with Gasteiger partial charge in [0.1, 0.15) is 5.78 Å². The molecule has 3 nitrogen and oxygen atoms in total. The van der Waals surface area contributed by atoms with Crippen molar-refractivity contribution in [3.8, 4) is 0 Å². The first-order chi connectivity index (χ1) is 14.0. The van der Waals surface area contributed by atoms with E-state index < -0.39 is 0 Å². The van der Waals surface area contributed by atoms with Crippen molar-refractivity contribution in [1.29, 1.82) is 0 Å². The number of fused-ring (bicyclic) bond motifs is 5. The van der Waals surface area contributed by atoms with Crippen LogP contribution in [0.25, 0.3) is 0 Å². The largest absolute Gasteiger partial charge is 0.396 e. The van der Waals surface area contributed by atoms with Gasteiger partial charge in [-0.3, -0.25) is 4.79 Å². The zero-order chi connectivity index (χ0) is 22.1. The summed E-state index contributed by atoms with van der Waals surface area (Å²) >= 11 is 0. The van der Waals surface area contributed by atoms with Gasteiger partial charge in [0.15, 0.2) is 0 Å². The van der Waals surface area contributed by atoms with Crippen molar-refractivity contribution in [2.45, 2.75) is 92.9 Å². The van der Waals surface area contributed by atoms with E-state index in [0.29, 0.717) is 34.9 Å². The molecule has 0 spiro atoms. The maximum absolute atomic E-state index is 13.0. The first-order valence-corrected chi connectivity index (χ1v) is 12.8. The summed E-state index contributed by atoms with van der Waals surface area (Å²) < 4.78 is 0. The van der Waals surface area contributed by atoms with Gasteiger partial charge < -0.3 is 10.2 Å². The van der Waals surface area contributed by atoms with Crippen LogP contribution in [0.15, 0.2) is 0 Å². The average Bonchev–Trinajstić information content (AvgIpc) is 2.94. The van der Waals surface area contributed by atoms with Gasteiger partial charge in [-0.15, -0.1) is 0 Å². The number of aliphatic hydroxyl groups is 2. The van der Waals surface area contributed by atoms with E-state index >= 15 is 0 Å². The van der Waals surface area contributed by atoms with Crippen molar-refractivity contribution in [3.05, 3.63) is 0 Å². The standard InChI is InChI=1S/C27H46O3/c1-7-19-13-25(5)22(12-17(2)26(25,6)18(3)30)21-9-8-20-14-27(15-28,16-29)11-10-24(20,4)23(19)21/h17,19-23,28-29H,7-16H2,1-6H3/t17-,19+,20+,21+,22+,23+,24+,25+,26-/m1/s1. The van der Waals surface area contributed by atoms with Crippen LogP contribution in [0, 0.1) is 57.2 Å². The van der Waals surface area contributed by atoms with E-state index in [1.165, 1.54) is 32.1 Å². The van der Waals surface area contributed by atoms with Gasteiger partial charge in [0, 0.05) is 10.8 Å². The predicted octanol–water partition coefficient (Wildman–Crippen LogP) is 5.48. The number of carbonyl (C=O) groups excluding carboxylic acids is 1. The van der Waals surface area contributed by atoms with Gasteiger partial charge >= 0.3 is 0 Å². The topological polar surface area (TPSA) is 57.5 Å². The first-order valence-electron chi connectivity index (χ1n) is 12.8. The summed E-state index contributed by atoms with van der Waals surface area (Å²) in [6, 6.07) is 0. The molecule has 30 heavy (non-hydrogen) atoms. The minimum atomic E-state index is -0.267.